The predicted octanol–water partition coefficient (Wildman–Crippen LogP) is 4.06. The van der Waals surface area contributed by atoms with Gasteiger partial charge in [-0.3, -0.25) is 4.98 Å². The van der Waals surface area contributed by atoms with Crippen molar-refractivity contribution in [3.05, 3.63) is 53.6 Å². The highest BCUT2D eigenvalue weighted by Crippen LogP contribution is 2.34. The zero-order valence-corrected chi connectivity index (χ0v) is 16.7. The smallest absolute Gasteiger partial charge is 0.416 e. The molecule has 0 aliphatic heterocycles. The molecule has 160 valence electrons. The first kappa shape index (κ1) is 21.6. The Bertz CT molecular complexity index is 1020. The average molecular weight is 421 g/mol. The number of aliphatic hydroxyl groups excluding tert-OH is 1. The molecule has 3 rings (SSSR count). The van der Waals surface area contributed by atoms with Crippen LogP contribution in [0.2, 0.25) is 0 Å². The lowest BCUT2D eigenvalue weighted by atomic mass is 10.2. The summed E-state index contributed by atoms with van der Waals surface area (Å²) < 4.78 is 46.1. The molecule has 0 amide bonds. The Morgan fingerprint density at radius 1 is 1.23 bits per heavy atom. The van der Waals surface area contributed by atoms with Crippen molar-refractivity contribution in [3.8, 4) is 11.4 Å². The molecule has 3 aromatic rings. The summed E-state index contributed by atoms with van der Waals surface area (Å²) in [5.41, 5.74) is 0.729. The Hall–Kier alpha value is -3.14. The molecule has 30 heavy (non-hydrogen) atoms. The number of halogens is 3. The van der Waals surface area contributed by atoms with Crippen molar-refractivity contribution in [1.82, 2.24) is 19.7 Å². The minimum Gasteiger partial charge on any atom is -0.497 e. The van der Waals surface area contributed by atoms with Crippen molar-refractivity contribution < 1.29 is 23.0 Å². The van der Waals surface area contributed by atoms with Crippen LogP contribution < -0.4 is 10.1 Å². The molecule has 0 spiro atoms. The van der Waals surface area contributed by atoms with E-state index in [0.717, 1.165) is 17.8 Å². The average Bonchev–Trinajstić information content (AvgIpc) is 3.08. The van der Waals surface area contributed by atoms with Gasteiger partial charge in [-0.2, -0.15) is 18.2 Å². The van der Waals surface area contributed by atoms with Crippen LogP contribution in [0.1, 0.15) is 30.4 Å². The van der Waals surface area contributed by atoms with Crippen molar-refractivity contribution >= 4 is 11.6 Å². The fourth-order valence-corrected chi connectivity index (χ4v) is 2.84. The number of anilines is 2. The highest BCUT2D eigenvalue weighted by atomic mass is 19.4. The van der Waals surface area contributed by atoms with Crippen LogP contribution in [-0.2, 0) is 12.6 Å². The van der Waals surface area contributed by atoms with Gasteiger partial charge in [-0.15, -0.1) is 5.10 Å². The number of nitrogens with zero attached hydrogens (tertiary/aromatic N) is 4. The molecule has 2 aromatic heterocycles. The normalized spacial score (nSPS) is 12.6. The molecule has 7 nitrogen and oxygen atoms in total. The highest BCUT2D eigenvalue weighted by Gasteiger charge is 2.31. The Kier molecular flexibility index (Phi) is 6.25. The van der Waals surface area contributed by atoms with Gasteiger partial charge >= 0.3 is 6.18 Å². The SMILES string of the molecule is CC[C@H](O)Cc1nc(Nc2cc(OC)cc(C(F)(F)F)c2)nn1-c1ccnc(C)c1. The molecule has 0 aliphatic rings. The predicted molar refractivity (Wildman–Crippen MR) is 105 cm³/mol. The maximum absolute atomic E-state index is 13.2. The molecule has 0 saturated carbocycles. The summed E-state index contributed by atoms with van der Waals surface area (Å²) in [5.74, 6) is 0.624. The molecule has 0 bridgehead atoms. The molecule has 10 heteroatoms. The first-order valence-electron chi connectivity index (χ1n) is 9.30. The third-order valence-electron chi connectivity index (χ3n) is 4.41. The molecule has 0 aliphatic carbocycles. The van der Waals surface area contributed by atoms with Crippen LogP contribution in [0, 0.1) is 6.92 Å². The van der Waals surface area contributed by atoms with E-state index < -0.39 is 17.8 Å². The number of hydrogen-bond acceptors (Lipinski definition) is 6. The molecular weight excluding hydrogens is 399 g/mol. The quantitative estimate of drug-likeness (QED) is 0.599. The number of aliphatic hydroxyl groups is 1. The largest absolute Gasteiger partial charge is 0.497 e. The second-order valence-corrected chi connectivity index (χ2v) is 6.76. The Labute approximate surface area is 171 Å². The number of pyridine rings is 1. The van der Waals surface area contributed by atoms with Gasteiger partial charge in [0.2, 0.25) is 5.95 Å². The van der Waals surface area contributed by atoms with Crippen LogP contribution in [0.25, 0.3) is 5.69 Å². The fraction of sp³-hybridized carbons (Fsp3) is 0.350. The van der Waals surface area contributed by atoms with E-state index in [4.69, 9.17) is 4.74 Å². The third-order valence-corrected chi connectivity index (χ3v) is 4.41. The maximum Gasteiger partial charge on any atom is 0.416 e. The number of rotatable bonds is 7. The first-order valence-corrected chi connectivity index (χ1v) is 9.30. The van der Waals surface area contributed by atoms with E-state index in [9.17, 15) is 18.3 Å². The van der Waals surface area contributed by atoms with Crippen molar-refractivity contribution in [1.29, 1.82) is 0 Å². The summed E-state index contributed by atoms with van der Waals surface area (Å²) >= 11 is 0. The molecule has 0 unspecified atom stereocenters. The van der Waals surface area contributed by atoms with Gasteiger partial charge in [-0.1, -0.05) is 6.92 Å². The second-order valence-electron chi connectivity index (χ2n) is 6.76. The van der Waals surface area contributed by atoms with Gasteiger partial charge in [0.05, 0.1) is 24.5 Å². The number of benzene rings is 1. The lowest BCUT2D eigenvalue weighted by Crippen LogP contribution is -2.13. The van der Waals surface area contributed by atoms with E-state index >= 15 is 0 Å². The lowest BCUT2D eigenvalue weighted by molar-refractivity contribution is -0.137. The van der Waals surface area contributed by atoms with Gasteiger partial charge < -0.3 is 15.2 Å². The third kappa shape index (κ3) is 5.07. The standard InChI is InChI=1S/C20H22F3N5O2/c1-4-16(29)11-18-26-19(27-28(18)15-5-6-24-12(2)7-15)25-14-8-13(20(21,22)23)9-17(10-14)30-3/h5-10,16,29H,4,11H2,1-3H3,(H,25,27)/t16-/m0/s1. The van der Waals surface area contributed by atoms with Crippen LogP contribution in [-0.4, -0.2) is 38.1 Å². The Morgan fingerprint density at radius 2 is 2.00 bits per heavy atom. The van der Waals surface area contributed by atoms with Gasteiger partial charge in [0.25, 0.3) is 0 Å². The molecule has 0 fully saturated rings. The van der Waals surface area contributed by atoms with E-state index in [2.05, 4.69) is 20.4 Å². The lowest BCUT2D eigenvalue weighted by Gasteiger charge is -2.11. The monoisotopic (exact) mass is 421 g/mol. The molecule has 0 saturated heterocycles. The van der Waals surface area contributed by atoms with Crippen LogP contribution in [0.3, 0.4) is 0 Å². The van der Waals surface area contributed by atoms with E-state index in [0.29, 0.717) is 17.9 Å². The van der Waals surface area contributed by atoms with Crippen LogP contribution in [0.4, 0.5) is 24.8 Å². The summed E-state index contributed by atoms with van der Waals surface area (Å²) in [7, 11) is 1.29. The van der Waals surface area contributed by atoms with E-state index in [-0.39, 0.29) is 23.8 Å². The van der Waals surface area contributed by atoms with Crippen molar-refractivity contribution in [3.63, 3.8) is 0 Å². The van der Waals surface area contributed by atoms with E-state index in [1.54, 1.807) is 23.0 Å². The van der Waals surface area contributed by atoms with Gasteiger partial charge in [0, 0.05) is 30.1 Å². The summed E-state index contributed by atoms with van der Waals surface area (Å²) in [6, 6.07) is 6.83. The topological polar surface area (TPSA) is 85.1 Å². The van der Waals surface area contributed by atoms with Gasteiger partial charge in [0.1, 0.15) is 11.6 Å². The number of alkyl halides is 3. The number of hydrogen-bond donors (Lipinski definition) is 2. The molecule has 2 heterocycles. The van der Waals surface area contributed by atoms with Gasteiger partial charge in [-0.05, 0) is 37.6 Å². The molecule has 1 aromatic carbocycles. The minimum atomic E-state index is -4.53. The van der Waals surface area contributed by atoms with Crippen LogP contribution in [0.5, 0.6) is 5.75 Å². The van der Waals surface area contributed by atoms with Crippen molar-refractivity contribution in [2.24, 2.45) is 0 Å². The zero-order valence-electron chi connectivity index (χ0n) is 16.7. The summed E-state index contributed by atoms with van der Waals surface area (Å²) in [6.07, 6.45) is -2.77. The number of ether oxygens (including phenoxy) is 1. The fourth-order valence-electron chi connectivity index (χ4n) is 2.84. The van der Waals surface area contributed by atoms with Crippen molar-refractivity contribution in [2.45, 2.75) is 39.0 Å². The van der Waals surface area contributed by atoms with Gasteiger partial charge in [0.15, 0.2) is 0 Å². The van der Waals surface area contributed by atoms with E-state index in [1.165, 1.54) is 13.2 Å². The van der Waals surface area contributed by atoms with Crippen molar-refractivity contribution in [2.75, 3.05) is 12.4 Å². The number of methoxy groups -OCH3 is 1. The van der Waals surface area contributed by atoms with Crippen LogP contribution >= 0.6 is 0 Å². The summed E-state index contributed by atoms with van der Waals surface area (Å²) in [5, 5.41) is 17.3. The molecule has 1 atom stereocenters. The second kappa shape index (κ2) is 8.70. The number of aromatic nitrogens is 4. The molecular formula is C20H22F3N5O2. The minimum absolute atomic E-state index is 0.0538. The Balaban J connectivity index is 2.00. The summed E-state index contributed by atoms with van der Waals surface area (Å²) in [4.78, 5) is 8.54. The summed E-state index contributed by atoms with van der Waals surface area (Å²) in [6.45, 7) is 3.67. The Morgan fingerprint density at radius 3 is 2.63 bits per heavy atom. The first-order chi connectivity index (χ1) is 14.2. The van der Waals surface area contributed by atoms with Crippen LogP contribution in [0.15, 0.2) is 36.5 Å². The van der Waals surface area contributed by atoms with Gasteiger partial charge in [-0.25, -0.2) is 4.68 Å². The molecule has 0 radical (unpaired) electrons. The number of aryl methyl sites for hydroxylation is 1. The maximum atomic E-state index is 13.2. The number of nitrogens with one attached hydrogen (secondary N) is 1. The molecule has 2 N–H and O–H groups in total. The van der Waals surface area contributed by atoms with E-state index in [1.807, 2.05) is 13.8 Å². The highest BCUT2D eigenvalue weighted by molar-refractivity contribution is 5.58. The zero-order chi connectivity index (χ0) is 21.9.